The minimum absolute atomic E-state index is 0.0843. The number of carbonyl (C=O) groups excluding carboxylic acids is 3. The lowest BCUT2D eigenvalue weighted by Gasteiger charge is -2.27. The molecule has 0 bridgehead atoms. The number of hydrogen-bond acceptors (Lipinski definition) is 8. The van der Waals surface area contributed by atoms with Crippen LogP contribution < -0.4 is 5.32 Å². The number of ether oxygens (including phenoxy) is 2. The molecule has 0 saturated carbocycles. The highest BCUT2D eigenvalue weighted by molar-refractivity contribution is 8.00. The summed E-state index contributed by atoms with van der Waals surface area (Å²) < 4.78 is 9.86. The second kappa shape index (κ2) is 11.8. The Labute approximate surface area is 163 Å². The van der Waals surface area contributed by atoms with E-state index in [1.165, 1.54) is 16.7 Å². The number of nitrogens with one attached hydrogen (secondary N) is 1. The molecule has 0 aliphatic carbocycles. The van der Waals surface area contributed by atoms with Crippen molar-refractivity contribution in [1.29, 1.82) is 0 Å². The molecule has 0 aromatic heterocycles. The number of likely N-dealkylation sites (tertiary alicyclic amines) is 1. The molecule has 154 valence electrons. The molecule has 0 aromatic rings. The van der Waals surface area contributed by atoms with Gasteiger partial charge in [-0.05, 0) is 33.6 Å². The Bertz CT molecular complexity index is 543. The minimum atomic E-state index is -1.03. The van der Waals surface area contributed by atoms with Crippen molar-refractivity contribution in [2.75, 3.05) is 31.3 Å². The van der Waals surface area contributed by atoms with Crippen molar-refractivity contribution in [2.24, 2.45) is 0 Å². The van der Waals surface area contributed by atoms with Gasteiger partial charge < -0.3 is 19.5 Å². The molecule has 9 nitrogen and oxygen atoms in total. The molecule has 0 aromatic carbocycles. The molecule has 0 radical (unpaired) electrons. The first kappa shape index (κ1) is 23.2. The Hall–Kier alpha value is -1.81. The molecule has 1 amide bonds. The van der Waals surface area contributed by atoms with E-state index in [0.717, 1.165) is 0 Å². The van der Waals surface area contributed by atoms with Gasteiger partial charge in [-0.15, -0.1) is 11.8 Å². The molecule has 1 fully saturated rings. The molecule has 1 rings (SSSR count). The van der Waals surface area contributed by atoms with Gasteiger partial charge in [0.05, 0.1) is 25.0 Å². The Kier molecular flexibility index (Phi) is 10.2. The van der Waals surface area contributed by atoms with Crippen LogP contribution in [0.25, 0.3) is 0 Å². The third-order valence-corrected chi connectivity index (χ3v) is 5.03. The zero-order valence-corrected chi connectivity index (χ0v) is 16.8. The van der Waals surface area contributed by atoms with E-state index in [9.17, 15) is 24.3 Å². The van der Waals surface area contributed by atoms with Crippen LogP contribution in [0.5, 0.6) is 0 Å². The lowest BCUT2D eigenvalue weighted by Crippen LogP contribution is -2.54. The highest BCUT2D eigenvalue weighted by atomic mass is 32.2. The van der Waals surface area contributed by atoms with Crippen molar-refractivity contribution in [2.45, 2.75) is 51.7 Å². The largest absolute Gasteiger partial charge is 0.480 e. The topological polar surface area (TPSA) is 122 Å². The van der Waals surface area contributed by atoms with E-state index in [4.69, 9.17) is 9.47 Å². The van der Waals surface area contributed by atoms with Gasteiger partial charge in [0, 0.05) is 12.3 Å². The predicted molar refractivity (Wildman–Crippen MR) is 99.3 cm³/mol. The maximum absolute atomic E-state index is 12.6. The third-order valence-electron chi connectivity index (χ3n) is 4.02. The number of rotatable bonds is 11. The fourth-order valence-electron chi connectivity index (χ4n) is 2.80. The van der Waals surface area contributed by atoms with Crippen LogP contribution in [0.4, 0.5) is 0 Å². The molecule has 1 aliphatic heterocycles. The van der Waals surface area contributed by atoms with Crippen molar-refractivity contribution in [1.82, 2.24) is 10.2 Å². The van der Waals surface area contributed by atoms with Gasteiger partial charge in [0.25, 0.3) is 0 Å². The van der Waals surface area contributed by atoms with Gasteiger partial charge in [0.1, 0.15) is 12.1 Å². The molecular weight excluding hydrogens is 376 g/mol. The van der Waals surface area contributed by atoms with Crippen LogP contribution in [0.1, 0.15) is 33.6 Å². The zero-order chi connectivity index (χ0) is 20.4. The highest BCUT2D eigenvalue weighted by Gasteiger charge is 2.37. The van der Waals surface area contributed by atoms with Crippen LogP contribution in [0.3, 0.4) is 0 Å². The van der Waals surface area contributed by atoms with Gasteiger partial charge in [-0.3, -0.25) is 19.7 Å². The Morgan fingerprint density at radius 3 is 2.48 bits per heavy atom. The van der Waals surface area contributed by atoms with Gasteiger partial charge in [-0.1, -0.05) is 0 Å². The summed E-state index contributed by atoms with van der Waals surface area (Å²) in [6.45, 7) is 5.82. The van der Waals surface area contributed by atoms with Gasteiger partial charge in [-0.2, -0.15) is 0 Å². The number of nitrogens with zero attached hydrogens (tertiary/aromatic N) is 1. The van der Waals surface area contributed by atoms with E-state index < -0.39 is 30.1 Å². The number of aliphatic carboxylic acids is 1. The van der Waals surface area contributed by atoms with Crippen LogP contribution in [0, 0.1) is 0 Å². The first-order valence-electron chi connectivity index (χ1n) is 9.01. The van der Waals surface area contributed by atoms with E-state index in [1.807, 2.05) is 0 Å². The van der Waals surface area contributed by atoms with Crippen LogP contribution in [0.2, 0.25) is 0 Å². The van der Waals surface area contributed by atoms with E-state index >= 15 is 0 Å². The van der Waals surface area contributed by atoms with E-state index in [2.05, 4.69) is 5.32 Å². The van der Waals surface area contributed by atoms with Gasteiger partial charge in [0.15, 0.2) is 0 Å². The number of carboxylic acids is 1. The fourth-order valence-corrected chi connectivity index (χ4v) is 3.63. The summed E-state index contributed by atoms with van der Waals surface area (Å²) in [5.74, 6) is -2.00. The second-order valence-corrected chi connectivity index (χ2v) is 7.07. The summed E-state index contributed by atoms with van der Waals surface area (Å²) in [5, 5.41) is 12.1. The third kappa shape index (κ3) is 7.37. The maximum atomic E-state index is 12.6. The van der Waals surface area contributed by atoms with Crippen LogP contribution in [-0.2, 0) is 28.7 Å². The quantitative estimate of drug-likeness (QED) is 0.467. The summed E-state index contributed by atoms with van der Waals surface area (Å²) in [6, 6.07) is -2.39. The summed E-state index contributed by atoms with van der Waals surface area (Å²) in [6.07, 6.45) is 1.05. The molecular formula is C17H28N2O7S. The molecule has 1 heterocycles. The van der Waals surface area contributed by atoms with Crippen molar-refractivity contribution in [3.63, 3.8) is 0 Å². The molecule has 1 saturated heterocycles. The van der Waals surface area contributed by atoms with Gasteiger partial charge in [-0.25, -0.2) is 4.79 Å². The molecule has 10 heteroatoms. The van der Waals surface area contributed by atoms with Crippen LogP contribution >= 0.6 is 11.8 Å². The van der Waals surface area contributed by atoms with Crippen molar-refractivity contribution in [3.8, 4) is 0 Å². The van der Waals surface area contributed by atoms with Crippen molar-refractivity contribution in [3.05, 3.63) is 0 Å². The predicted octanol–water partition coefficient (Wildman–Crippen LogP) is 0.268. The smallest absolute Gasteiger partial charge is 0.326 e. The first-order chi connectivity index (χ1) is 12.8. The highest BCUT2D eigenvalue weighted by Crippen LogP contribution is 2.19. The Morgan fingerprint density at radius 2 is 1.89 bits per heavy atom. The summed E-state index contributed by atoms with van der Waals surface area (Å²) in [5.41, 5.74) is 0. The zero-order valence-electron chi connectivity index (χ0n) is 15.9. The lowest BCUT2D eigenvalue weighted by atomic mass is 10.2. The molecule has 0 spiro atoms. The molecule has 27 heavy (non-hydrogen) atoms. The number of carbonyl (C=O) groups is 4. The first-order valence-corrected chi connectivity index (χ1v) is 10.2. The molecule has 3 atom stereocenters. The number of hydrogen-bond donors (Lipinski definition) is 2. The number of amides is 1. The summed E-state index contributed by atoms with van der Waals surface area (Å²) in [4.78, 5) is 48.8. The normalized spacial score (nSPS) is 18.6. The van der Waals surface area contributed by atoms with E-state index in [0.29, 0.717) is 19.4 Å². The number of esters is 2. The Balaban J connectivity index is 2.67. The van der Waals surface area contributed by atoms with Crippen LogP contribution in [0.15, 0.2) is 0 Å². The van der Waals surface area contributed by atoms with Gasteiger partial charge >= 0.3 is 17.9 Å². The van der Waals surface area contributed by atoms with Gasteiger partial charge in [0.2, 0.25) is 5.91 Å². The molecule has 0 unspecified atom stereocenters. The fraction of sp³-hybridized carbons (Fsp3) is 0.765. The minimum Gasteiger partial charge on any atom is -0.480 e. The molecule has 1 aliphatic rings. The van der Waals surface area contributed by atoms with E-state index in [-0.39, 0.29) is 36.6 Å². The summed E-state index contributed by atoms with van der Waals surface area (Å²) >= 11 is 1.20. The lowest BCUT2D eigenvalue weighted by molar-refractivity contribution is -0.150. The van der Waals surface area contributed by atoms with Crippen molar-refractivity contribution < 1.29 is 33.8 Å². The number of thioether (sulfide) groups is 1. The van der Waals surface area contributed by atoms with E-state index in [1.54, 1.807) is 20.8 Å². The second-order valence-electron chi connectivity index (χ2n) is 6.04. The number of carboxylic acid groups (broad SMARTS) is 1. The standard InChI is InChI=1S/C17H28N2O7S/c1-4-25-14(20)10-27-9-12(17(24)26-5-2)18-11(3)15(21)19-8-6-7-13(19)16(22)23/h11-13,18H,4-10H2,1-3H3,(H,22,23)/t11-,12-,13-/m0/s1. The summed E-state index contributed by atoms with van der Waals surface area (Å²) in [7, 11) is 0. The Morgan fingerprint density at radius 1 is 1.22 bits per heavy atom. The average molecular weight is 404 g/mol. The molecule has 2 N–H and O–H groups in total. The van der Waals surface area contributed by atoms with Crippen LogP contribution in [-0.4, -0.2) is 83.2 Å². The van der Waals surface area contributed by atoms with Crippen molar-refractivity contribution >= 4 is 35.6 Å². The monoisotopic (exact) mass is 404 g/mol. The SMILES string of the molecule is CCOC(=O)CSC[C@H](N[C@@H](C)C(=O)N1CCC[C@H]1C(=O)O)C(=O)OCC. The average Bonchev–Trinajstić information content (AvgIpc) is 3.10. The maximum Gasteiger partial charge on any atom is 0.326 e.